The predicted molar refractivity (Wildman–Crippen MR) is 96.5 cm³/mol. The Bertz CT molecular complexity index is 660. The second-order valence-electron chi connectivity index (χ2n) is 6.50. The number of piperidine rings is 1. The molecule has 1 aromatic heterocycles. The van der Waals surface area contributed by atoms with Crippen LogP contribution in [-0.2, 0) is 6.42 Å². The predicted octanol–water partition coefficient (Wildman–Crippen LogP) is 4.33. The van der Waals surface area contributed by atoms with Crippen LogP contribution in [0.3, 0.4) is 0 Å². The van der Waals surface area contributed by atoms with Gasteiger partial charge in [0.15, 0.2) is 0 Å². The normalized spacial score (nSPS) is 15.7. The summed E-state index contributed by atoms with van der Waals surface area (Å²) in [6.07, 6.45) is 5.33. The van der Waals surface area contributed by atoms with Gasteiger partial charge in [-0.1, -0.05) is 32.0 Å². The zero-order valence-electron chi connectivity index (χ0n) is 14.3. The van der Waals surface area contributed by atoms with Gasteiger partial charge in [-0.2, -0.15) is 4.98 Å². The molecule has 0 spiro atoms. The van der Waals surface area contributed by atoms with Gasteiger partial charge in [-0.15, -0.1) is 0 Å². The lowest BCUT2D eigenvalue weighted by molar-refractivity contribution is 0.436. The molecule has 4 nitrogen and oxygen atoms in total. The zero-order chi connectivity index (χ0) is 16.2. The molecule has 0 aliphatic carbocycles. The van der Waals surface area contributed by atoms with Gasteiger partial charge in [-0.25, -0.2) is 4.98 Å². The van der Waals surface area contributed by atoms with Crippen molar-refractivity contribution in [2.45, 2.75) is 40.0 Å². The third-order valence-corrected chi connectivity index (χ3v) is 4.73. The van der Waals surface area contributed by atoms with Crippen molar-refractivity contribution in [1.29, 1.82) is 0 Å². The molecule has 3 rings (SSSR count). The van der Waals surface area contributed by atoms with Crippen LogP contribution >= 0.6 is 0 Å². The van der Waals surface area contributed by atoms with Gasteiger partial charge in [-0.3, -0.25) is 0 Å². The maximum absolute atomic E-state index is 4.74. The maximum atomic E-state index is 4.74. The van der Waals surface area contributed by atoms with Gasteiger partial charge in [0.1, 0.15) is 5.82 Å². The summed E-state index contributed by atoms with van der Waals surface area (Å²) >= 11 is 0. The lowest BCUT2D eigenvalue weighted by Crippen LogP contribution is -2.33. The molecule has 0 atom stereocenters. The van der Waals surface area contributed by atoms with Crippen molar-refractivity contribution in [3.63, 3.8) is 0 Å². The molecule has 1 saturated heterocycles. The van der Waals surface area contributed by atoms with Gasteiger partial charge in [0.05, 0.1) is 0 Å². The molecule has 0 bridgehead atoms. The van der Waals surface area contributed by atoms with Gasteiger partial charge in [0.2, 0.25) is 5.95 Å². The molecule has 2 aromatic rings. The Morgan fingerprint density at radius 1 is 1.22 bits per heavy atom. The monoisotopic (exact) mass is 310 g/mol. The van der Waals surface area contributed by atoms with Crippen LogP contribution in [0.1, 0.15) is 37.8 Å². The van der Waals surface area contributed by atoms with E-state index in [0.29, 0.717) is 5.95 Å². The van der Waals surface area contributed by atoms with Gasteiger partial charge < -0.3 is 10.2 Å². The topological polar surface area (TPSA) is 41.1 Å². The summed E-state index contributed by atoms with van der Waals surface area (Å²) in [7, 11) is 0. The van der Waals surface area contributed by atoms with E-state index in [1.165, 1.54) is 24.0 Å². The van der Waals surface area contributed by atoms with E-state index in [0.717, 1.165) is 36.9 Å². The van der Waals surface area contributed by atoms with Crippen LogP contribution < -0.4 is 10.2 Å². The number of aryl methyl sites for hydroxylation is 2. The van der Waals surface area contributed by atoms with Crippen molar-refractivity contribution in [2.75, 3.05) is 23.3 Å². The molecule has 1 aliphatic heterocycles. The molecule has 1 aliphatic rings. The number of hydrogen-bond acceptors (Lipinski definition) is 4. The van der Waals surface area contributed by atoms with E-state index in [2.05, 4.69) is 54.2 Å². The molecule has 23 heavy (non-hydrogen) atoms. The highest BCUT2D eigenvalue weighted by atomic mass is 15.2. The van der Waals surface area contributed by atoms with Crippen molar-refractivity contribution < 1.29 is 0 Å². The first-order valence-corrected chi connectivity index (χ1v) is 8.61. The molecule has 0 unspecified atom stereocenters. The van der Waals surface area contributed by atoms with Gasteiger partial charge in [0.25, 0.3) is 0 Å². The van der Waals surface area contributed by atoms with E-state index < -0.39 is 0 Å². The lowest BCUT2D eigenvalue weighted by Gasteiger charge is -2.31. The molecule has 2 heterocycles. The van der Waals surface area contributed by atoms with Gasteiger partial charge in [-0.05, 0) is 49.3 Å². The first-order chi connectivity index (χ1) is 11.2. The average molecular weight is 310 g/mol. The molecule has 0 amide bonds. The summed E-state index contributed by atoms with van der Waals surface area (Å²) in [6.45, 7) is 8.79. The summed E-state index contributed by atoms with van der Waals surface area (Å²) in [5.41, 5.74) is 3.66. The largest absolute Gasteiger partial charge is 0.356 e. The molecule has 4 heteroatoms. The number of anilines is 3. The lowest BCUT2D eigenvalue weighted by atomic mass is 9.99. The number of rotatable bonds is 4. The number of hydrogen-bond donors (Lipinski definition) is 1. The highest BCUT2D eigenvalue weighted by Gasteiger charge is 2.17. The quantitative estimate of drug-likeness (QED) is 0.912. The smallest absolute Gasteiger partial charge is 0.229 e. The summed E-state index contributed by atoms with van der Waals surface area (Å²) in [5, 5.41) is 3.43. The fourth-order valence-electron chi connectivity index (χ4n) is 3.14. The van der Waals surface area contributed by atoms with Gasteiger partial charge >= 0.3 is 0 Å². The standard InChI is InChI=1S/C19H26N4/c1-4-16-7-5-6-15(3)18(16)22-19-20-11-8-17(21-19)23-12-9-14(2)10-13-23/h5-8,11,14H,4,9-10,12-13H2,1-3H3,(H,20,21,22). The molecule has 122 valence electrons. The van der Waals surface area contributed by atoms with E-state index in [-0.39, 0.29) is 0 Å². The summed E-state index contributed by atoms with van der Waals surface area (Å²) in [4.78, 5) is 11.5. The Morgan fingerprint density at radius 2 is 2.00 bits per heavy atom. The van der Waals surface area contributed by atoms with Crippen LogP contribution in [0.4, 0.5) is 17.5 Å². The van der Waals surface area contributed by atoms with Crippen molar-refractivity contribution in [3.05, 3.63) is 41.6 Å². The fourth-order valence-corrected chi connectivity index (χ4v) is 3.14. The molecule has 0 radical (unpaired) electrons. The van der Waals surface area contributed by atoms with E-state index >= 15 is 0 Å². The van der Waals surface area contributed by atoms with Crippen molar-refractivity contribution >= 4 is 17.5 Å². The summed E-state index contributed by atoms with van der Waals surface area (Å²) < 4.78 is 0. The first kappa shape index (κ1) is 15.8. The number of nitrogens with one attached hydrogen (secondary N) is 1. The molecule has 0 saturated carbocycles. The highest BCUT2D eigenvalue weighted by molar-refractivity contribution is 5.63. The van der Waals surface area contributed by atoms with Crippen LogP contribution in [0.15, 0.2) is 30.5 Å². The number of para-hydroxylation sites is 1. The van der Waals surface area contributed by atoms with Crippen molar-refractivity contribution in [2.24, 2.45) is 5.92 Å². The minimum Gasteiger partial charge on any atom is -0.356 e. The van der Waals surface area contributed by atoms with Crippen LogP contribution in [0, 0.1) is 12.8 Å². The Labute approximate surface area is 139 Å². The number of nitrogens with zero attached hydrogens (tertiary/aromatic N) is 3. The minimum atomic E-state index is 0.685. The van der Waals surface area contributed by atoms with E-state index in [4.69, 9.17) is 4.98 Å². The van der Waals surface area contributed by atoms with E-state index in [9.17, 15) is 0 Å². The van der Waals surface area contributed by atoms with Crippen molar-refractivity contribution in [1.82, 2.24) is 9.97 Å². The molecule has 1 fully saturated rings. The van der Waals surface area contributed by atoms with Gasteiger partial charge in [0, 0.05) is 25.0 Å². The minimum absolute atomic E-state index is 0.685. The molecule has 1 aromatic carbocycles. The SMILES string of the molecule is CCc1cccc(C)c1Nc1nccc(N2CCC(C)CC2)n1. The van der Waals surface area contributed by atoms with E-state index in [1.54, 1.807) is 0 Å². The molecular formula is C19H26N4. The Balaban J connectivity index is 1.81. The van der Waals surface area contributed by atoms with E-state index in [1.807, 2.05) is 12.3 Å². The summed E-state index contributed by atoms with van der Waals surface area (Å²) in [6, 6.07) is 8.40. The zero-order valence-corrected chi connectivity index (χ0v) is 14.3. The van der Waals surface area contributed by atoms with Crippen LogP contribution in [0.5, 0.6) is 0 Å². The van der Waals surface area contributed by atoms with Crippen molar-refractivity contribution in [3.8, 4) is 0 Å². The fraction of sp³-hybridized carbons (Fsp3) is 0.474. The van der Waals surface area contributed by atoms with Crippen LogP contribution in [-0.4, -0.2) is 23.1 Å². The Kier molecular flexibility index (Phi) is 4.79. The maximum Gasteiger partial charge on any atom is 0.229 e. The first-order valence-electron chi connectivity index (χ1n) is 8.61. The number of benzene rings is 1. The molecule has 1 N–H and O–H groups in total. The number of aromatic nitrogens is 2. The van der Waals surface area contributed by atoms with Crippen LogP contribution in [0.25, 0.3) is 0 Å². The molecular weight excluding hydrogens is 284 g/mol. The second kappa shape index (κ2) is 6.99. The average Bonchev–Trinajstić information content (AvgIpc) is 2.57. The Morgan fingerprint density at radius 3 is 2.74 bits per heavy atom. The van der Waals surface area contributed by atoms with Crippen LogP contribution in [0.2, 0.25) is 0 Å². The highest BCUT2D eigenvalue weighted by Crippen LogP contribution is 2.26. The third-order valence-electron chi connectivity index (χ3n) is 4.73. The summed E-state index contributed by atoms with van der Waals surface area (Å²) in [5.74, 6) is 2.54. The second-order valence-corrected chi connectivity index (χ2v) is 6.50. The Hall–Kier alpha value is -2.10. The third kappa shape index (κ3) is 3.63.